The molecule has 118 valence electrons. The summed E-state index contributed by atoms with van der Waals surface area (Å²) in [6, 6.07) is 2.69. The van der Waals surface area contributed by atoms with E-state index in [1.54, 1.807) is 0 Å². The van der Waals surface area contributed by atoms with Crippen LogP contribution in [0.15, 0.2) is 23.1 Å². The highest BCUT2D eigenvalue weighted by molar-refractivity contribution is 7.92. The summed E-state index contributed by atoms with van der Waals surface area (Å²) in [6.07, 6.45) is 2.18. The van der Waals surface area contributed by atoms with E-state index in [2.05, 4.69) is 5.32 Å². The highest BCUT2D eigenvalue weighted by atomic mass is 32.2. The van der Waals surface area contributed by atoms with E-state index in [0.717, 1.165) is 37.6 Å². The van der Waals surface area contributed by atoms with Gasteiger partial charge in [-0.3, -0.25) is 0 Å². The van der Waals surface area contributed by atoms with Gasteiger partial charge >= 0.3 is 0 Å². The average molecular weight is 317 g/mol. The second-order valence-electron chi connectivity index (χ2n) is 5.66. The van der Waals surface area contributed by atoms with Gasteiger partial charge in [0, 0.05) is 6.04 Å². The predicted octanol–water partition coefficient (Wildman–Crippen LogP) is 2.91. The van der Waals surface area contributed by atoms with Crippen LogP contribution < -0.4 is 5.32 Å². The fourth-order valence-corrected chi connectivity index (χ4v) is 5.19. The van der Waals surface area contributed by atoms with E-state index < -0.39 is 31.6 Å². The third kappa shape index (κ3) is 3.26. The maximum absolute atomic E-state index is 13.8. The number of rotatable bonds is 5. The molecule has 0 saturated heterocycles. The maximum atomic E-state index is 13.8. The van der Waals surface area contributed by atoms with Gasteiger partial charge in [0.15, 0.2) is 9.84 Å². The van der Waals surface area contributed by atoms with E-state index in [1.165, 1.54) is 0 Å². The van der Waals surface area contributed by atoms with Gasteiger partial charge in [0.25, 0.3) is 0 Å². The molecule has 0 radical (unpaired) electrons. The molecule has 1 fully saturated rings. The number of hydrogen-bond acceptors (Lipinski definition) is 3. The molecule has 3 atom stereocenters. The van der Waals surface area contributed by atoms with Crippen LogP contribution in [0.5, 0.6) is 0 Å². The zero-order valence-corrected chi connectivity index (χ0v) is 13.1. The molecule has 0 amide bonds. The predicted molar refractivity (Wildman–Crippen MR) is 77.8 cm³/mol. The second kappa shape index (κ2) is 6.40. The van der Waals surface area contributed by atoms with E-state index >= 15 is 0 Å². The lowest BCUT2D eigenvalue weighted by atomic mass is 10.1. The lowest BCUT2D eigenvalue weighted by Gasteiger charge is -2.22. The maximum Gasteiger partial charge on any atom is 0.184 e. The van der Waals surface area contributed by atoms with Crippen LogP contribution in [0.1, 0.15) is 33.1 Å². The number of nitrogens with one attached hydrogen (secondary N) is 1. The molecule has 0 spiro atoms. The molecule has 1 aliphatic rings. The molecular formula is C15H21F2NO2S. The van der Waals surface area contributed by atoms with Crippen molar-refractivity contribution in [2.24, 2.45) is 5.92 Å². The first-order chi connectivity index (χ1) is 9.87. The molecule has 1 aromatic rings. The highest BCUT2D eigenvalue weighted by Crippen LogP contribution is 2.35. The Kier molecular flexibility index (Phi) is 4.99. The smallest absolute Gasteiger partial charge is 0.184 e. The van der Waals surface area contributed by atoms with Crippen molar-refractivity contribution in [2.45, 2.75) is 49.3 Å². The molecule has 0 bridgehead atoms. The largest absolute Gasteiger partial charge is 0.314 e. The van der Waals surface area contributed by atoms with Crippen LogP contribution in [-0.2, 0) is 9.84 Å². The molecule has 0 heterocycles. The lowest BCUT2D eigenvalue weighted by molar-refractivity contribution is 0.424. The number of hydrogen-bond donors (Lipinski definition) is 1. The van der Waals surface area contributed by atoms with Crippen LogP contribution in [0.2, 0.25) is 0 Å². The molecule has 1 aromatic carbocycles. The molecule has 2 rings (SSSR count). The standard InChI is InChI=1S/C15H21F2NO2S/c1-3-8-18-13-6-7-14(10(13)2)21(19,20)15-9-11(16)4-5-12(15)17/h4-5,9-10,13-14,18H,3,6-8H2,1-2H3. The SMILES string of the molecule is CCCNC1CCC(S(=O)(=O)c2cc(F)ccc2F)C1C. The number of sulfone groups is 1. The summed E-state index contributed by atoms with van der Waals surface area (Å²) in [5.41, 5.74) is 0. The first-order valence-corrected chi connectivity index (χ1v) is 8.85. The van der Waals surface area contributed by atoms with Crippen molar-refractivity contribution in [3.05, 3.63) is 29.8 Å². The first-order valence-electron chi connectivity index (χ1n) is 7.30. The van der Waals surface area contributed by atoms with Crippen molar-refractivity contribution in [3.8, 4) is 0 Å². The Morgan fingerprint density at radius 3 is 2.67 bits per heavy atom. The summed E-state index contributed by atoms with van der Waals surface area (Å²) in [7, 11) is -3.85. The van der Waals surface area contributed by atoms with Crippen LogP contribution in [0.25, 0.3) is 0 Å². The van der Waals surface area contributed by atoms with Gasteiger partial charge in [0.05, 0.1) is 5.25 Å². The number of halogens is 2. The molecule has 1 saturated carbocycles. The quantitative estimate of drug-likeness (QED) is 0.908. The average Bonchev–Trinajstić information content (AvgIpc) is 2.81. The summed E-state index contributed by atoms with van der Waals surface area (Å²) in [4.78, 5) is -0.518. The zero-order chi connectivity index (χ0) is 15.6. The van der Waals surface area contributed by atoms with Crippen LogP contribution >= 0.6 is 0 Å². The van der Waals surface area contributed by atoms with E-state index in [9.17, 15) is 17.2 Å². The molecule has 1 aliphatic carbocycles. The Hall–Kier alpha value is -1.01. The Labute approximate surface area is 124 Å². The topological polar surface area (TPSA) is 46.2 Å². The minimum absolute atomic E-state index is 0.112. The molecule has 0 aliphatic heterocycles. The van der Waals surface area contributed by atoms with Crippen LogP contribution in [-0.4, -0.2) is 26.3 Å². The molecule has 6 heteroatoms. The van der Waals surface area contributed by atoms with Gasteiger partial charge in [-0.05, 0) is 49.9 Å². The summed E-state index contributed by atoms with van der Waals surface area (Å²) < 4.78 is 52.3. The van der Waals surface area contributed by atoms with E-state index in [1.807, 2.05) is 13.8 Å². The fourth-order valence-electron chi connectivity index (χ4n) is 3.04. The number of benzene rings is 1. The van der Waals surface area contributed by atoms with Gasteiger partial charge in [-0.1, -0.05) is 13.8 Å². The summed E-state index contributed by atoms with van der Waals surface area (Å²) in [5.74, 6) is -1.74. The zero-order valence-electron chi connectivity index (χ0n) is 12.3. The minimum Gasteiger partial charge on any atom is -0.314 e. The van der Waals surface area contributed by atoms with Crippen molar-refractivity contribution in [3.63, 3.8) is 0 Å². The monoisotopic (exact) mass is 317 g/mol. The van der Waals surface area contributed by atoms with Crippen LogP contribution in [0.3, 0.4) is 0 Å². The molecular weight excluding hydrogens is 296 g/mol. The van der Waals surface area contributed by atoms with Crippen LogP contribution in [0.4, 0.5) is 8.78 Å². The Morgan fingerprint density at radius 1 is 1.29 bits per heavy atom. The Balaban J connectivity index is 2.26. The Bertz CT molecular complexity index is 604. The van der Waals surface area contributed by atoms with Gasteiger partial charge in [-0.15, -0.1) is 0 Å². The third-order valence-corrected chi connectivity index (χ3v) is 6.63. The van der Waals surface area contributed by atoms with Gasteiger partial charge in [0.1, 0.15) is 16.5 Å². The van der Waals surface area contributed by atoms with Crippen molar-refractivity contribution in [2.75, 3.05) is 6.54 Å². The molecule has 0 aromatic heterocycles. The van der Waals surface area contributed by atoms with Gasteiger partial charge in [-0.25, -0.2) is 17.2 Å². The van der Waals surface area contributed by atoms with Gasteiger partial charge in [0.2, 0.25) is 0 Å². The molecule has 3 unspecified atom stereocenters. The van der Waals surface area contributed by atoms with E-state index in [4.69, 9.17) is 0 Å². The minimum atomic E-state index is -3.85. The molecule has 3 nitrogen and oxygen atoms in total. The summed E-state index contributed by atoms with van der Waals surface area (Å²) >= 11 is 0. The van der Waals surface area contributed by atoms with Crippen molar-refractivity contribution < 1.29 is 17.2 Å². The van der Waals surface area contributed by atoms with E-state index in [-0.39, 0.29) is 12.0 Å². The Morgan fingerprint density at radius 2 is 2.00 bits per heavy atom. The van der Waals surface area contributed by atoms with Crippen molar-refractivity contribution in [1.82, 2.24) is 5.32 Å². The van der Waals surface area contributed by atoms with E-state index in [0.29, 0.717) is 6.42 Å². The lowest BCUT2D eigenvalue weighted by Crippen LogP contribution is -2.36. The third-order valence-electron chi connectivity index (χ3n) is 4.24. The fraction of sp³-hybridized carbons (Fsp3) is 0.600. The van der Waals surface area contributed by atoms with Crippen molar-refractivity contribution in [1.29, 1.82) is 0 Å². The summed E-state index contributed by atoms with van der Waals surface area (Å²) in [5, 5.41) is 2.66. The molecule has 1 N–H and O–H groups in total. The normalized spacial score (nSPS) is 26.2. The summed E-state index contributed by atoms with van der Waals surface area (Å²) in [6.45, 7) is 4.73. The van der Waals surface area contributed by atoms with Crippen molar-refractivity contribution >= 4 is 9.84 Å². The highest BCUT2D eigenvalue weighted by Gasteiger charge is 2.42. The van der Waals surface area contributed by atoms with Gasteiger partial charge < -0.3 is 5.32 Å². The first kappa shape index (κ1) is 16.4. The van der Waals surface area contributed by atoms with Gasteiger partial charge in [-0.2, -0.15) is 0 Å². The second-order valence-corrected chi connectivity index (χ2v) is 7.79. The molecule has 21 heavy (non-hydrogen) atoms. The van der Waals surface area contributed by atoms with Crippen LogP contribution in [0, 0.1) is 17.6 Å².